The van der Waals surface area contributed by atoms with Gasteiger partial charge in [0.05, 0.1) is 6.61 Å². The predicted molar refractivity (Wildman–Crippen MR) is 72.9 cm³/mol. The van der Waals surface area contributed by atoms with E-state index in [2.05, 4.69) is 31.2 Å². The van der Waals surface area contributed by atoms with Crippen LogP contribution in [0.25, 0.3) is 0 Å². The highest BCUT2D eigenvalue weighted by molar-refractivity contribution is 5.65. The molecule has 0 rings (SSSR count). The van der Waals surface area contributed by atoms with Gasteiger partial charge in [0.2, 0.25) is 0 Å². The highest BCUT2D eigenvalue weighted by atomic mass is 16.5. The molecule has 0 aromatic rings. The lowest BCUT2D eigenvalue weighted by Crippen LogP contribution is -1.99. The summed E-state index contributed by atoms with van der Waals surface area (Å²) in [5.74, 6) is -0.174. The summed E-state index contributed by atoms with van der Waals surface area (Å²) in [4.78, 5) is 10.5. The number of carbonyl (C=O) groups excluding carboxylic acids is 1. The molecule has 0 fully saturated rings. The minimum atomic E-state index is -0.174. The molecule has 0 aliphatic carbocycles. The van der Waals surface area contributed by atoms with Crippen LogP contribution in [-0.4, -0.2) is 12.6 Å². The highest BCUT2D eigenvalue weighted by Crippen LogP contribution is 2.04. The van der Waals surface area contributed by atoms with Gasteiger partial charge in [0.15, 0.2) is 0 Å². The molecule has 0 heterocycles. The molecule has 0 aliphatic heterocycles. The van der Waals surface area contributed by atoms with Crippen LogP contribution in [0.3, 0.4) is 0 Å². The van der Waals surface area contributed by atoms with E-state index in [1.54, 1.807) is 0 Å². The van der Waals surface area contributed by atoms with Crippen molar-refractivity contribution < 1.29 is 9.53 Å². The van der Waals surface area contributed by atoms with E-state index in [9.17, 15) is 4.79 Å². The molecule has 0 aromatic carbocycles. The average Bonchev–Trinajstić information content (AvgIpc) is 2.30. The Bertz CT molecular complexity index is 229. The van der Waals surface area contributed by atoms with E-state index in [-0.39, 0.29) is 5.97 Å². The van der Waals surface area contributed by atoms with E-state index in [1.165, 1.54) is 32.6 Å². The SMILES string of the molecule is CCCC=C/C=C\CCCCCCOC(C)=O. The molecule has 0 radical (unpaired) electrons. The quantitative estimate of drug-likeness (QED) is 0.320. The molecule has 0 atom stereocenters. The second-order valence-electron chi connectivity index (χ2n) is 4.19. The minimum absolute atomic E-state index is 0.174. The monoisotopic (exact) mass is 238 g/mol. The Morgan fingerprint density at radius 1 is 1.00 bits per heavy atom. The van der Waals surface area contributed by atoms with Crippen molar-refractivity contribution >= 4 is 5.97 Å². The molecule has 17 heavy (non-hydrogen) atoms. The van der Waals surface area contributed by atoms with Gasteiger partial charge in [-0.05, 0) is 25.7 Å². The normalized spacial score (nSPS) is 11.4. The van der Waals surface area contributed by atoms with Gasteiger partial charge >= 0.3 is 5.97 Å². The van der Waals surface area contributed by atoms with Crippen LogP contribution >= 0.6 is 0 Å². The van der Waals surface area contributed by atoms with Crippen molar-refractivity contribution in [1.82, 2.24) is 0 Å². The lowest BCUT2D eigenvalue weighted by Gasteiger charge is -2.00. The Labute approximate surface area is 106 Å². The van der Waals surface area contributed by atoms with E-state index in [4.69, 9.17) is 4.74 Å². The van der Waals surface area contributed by atoms with E-state index < -0.39 is 0 Å². The fraction of sp³-hybridized carbons (Fsp3) is 0.667. The summed E-state index contributed by atoms with van der Waals surface area (Å²) in [6.45, 7) is 4.21. The fourth-order valence-electron chi connectivity index (χ4n) is 1.45. The Kier molecular flexibility index (Phi) is 12.2. The zero-order valence-electron chi connectivity index (χ0n) is 11.3. The summed E-state index contributed by atoms with van der Waals surface area (Å²) >= 11 is 0. The molecule has 0 saturated carbocycles. The highest BCUT2D eigenvalue weighted by Gasteiger charge is 1.92. The topological polar surface area (TPSA) is 26.3 Å². The van der Waals surface area contributed by atoms with Crippen molar-refractivity contribution in [3.8, 4) is 0 Å². The third kappa shape index (κ3) is 14.9. The zero-order chi connectivity index (χ0) is 12.8. The van der Waals surface area contributed by atoms with Crippen LogP contribution in [-0.2, 0) is 9.53 Å². The number of ether oxygens (including phenoxy) is 1. The lowest BCUT2D eigenvalue weighted by atomic mass is 10.1. The Balaban J connectivity index is 3.15. The van der Waals surface area contributed by atoms with E-state index in [0.29, 0.717) is 6.61 Å². The van der Waals surface area contributed by atoms with Gasteiger partial charge in [-0.1, -0.05) is 50.5 Å². The Morgan fingerprint density at radius 2 is 1.65 bits per heavy atom. The van der Waals surface area contributed by atoms with Gasteiger partial charge in [0, 0.05) is 6.92 Å². The number of rotatable bonds is 10. The summed E-state index contributed by atoms with van der Waals surface area (Å²) in [5, 5.41) is 0. The van der Waals surface area contributed by atoms with Crippen molar-refractivity contribution in [1.29, 1.82) is 0 Å². The fourth-order valence-corrected chi connectivity index (χ4v) is 1.45. The molecule has 0 aliphatic rings. The third-order valence-electron chi connectivity index (χ3n) is 2.41. The van der Waals surface area contributed by atoms with Crippen LogP contribution in [0.15, 0.2) is 24.3 Å². The van der Waals surface area contributed by atoms with Crippen LogP contribution in [0.2, 0.25) is 0 Å². The van der Waals surface area contributed by atoms with Crippen molar-refractivity contribution in [3.05, 3.63) is 24.3 Å². The zero-order valence-corrected chi connectivity index (χ0v) is 11.3. The number of hydrogen-bond acceptors (Lipinski definition) is 2. The van der Waals surface area contributed by atoms with Gasteiger partial charge in [0.25, 0.3) is 0 Å². The molecule has 0 saturated heterocycles. The van der Waals surface area contributed by atoms with Crippen LogP contribution in [0.1, 0.15) is 58.8 Å². The number of unbranched alkanes of at least 4 members (excludes halogenated alkanes) is 5. The summed E-state index contributed by atoms with van der Waals surface area (Å²) in [6, 6.07) is 0. The molecule has 98 valence electrons. The van der Waals surface area contributed by atoms with Crippen LogP contribution in [0, 0.1) is 0 Å². The van der Waals surface area contributed by atoms with Crippen molar-refractivity contribution in [2.45, 2.75) is 58.8 Å². The molecular weight excluding hydrogens is 212 g/mol. The second kappa shape index (κ2) is 13.0. The Morgan fingerprint density at radius 3 is 2.29 bits per heavy atom. The predicted octanol–water partition coefficient (Wildman–Crippen LogP) is 4.41. The van der Waals surface area contributed by atoms with E-state index >= 15 is 0 Å². The molecule has 2 nitrogen and oxygen atoms in total. The molecule has 0 unspecified atom stereocenters. The van der Waals surface area contributed by atoms with Gasteiger partial charge in [-0.15, -0.1) is 0 Å². The first-order valence-corrected chi connectivity index (χ1v) is 6.72. The molecule has 0 spiro atoms. The second-order valence-corrected chi connectivity index (χ2v) is 4.19. The van der Waals surface area contributed by atoms with Crippen LogP contribution in [0.5, 0.6) is 0 Å². The van der Waals surface area contributed by atoms with E-state index in [0.717, 1.165) is 19.3 Å². The number of allylic oxidation sites excluding steroid dienone is 4. The minimum Gasteiger partial charge on any atom is -0.466 e. The summed E-state index contributed by atoms with van der Waals surface area (Å²) in [6.07, 6.45) is 16.8. The van der Waals surface area contributed by atoms with Gasteiger partial charge in [-0.2, -0.15) is 0 Å². The number of esters is 1. The molecule has 0 aromatic heterocycles. The number of carbonyl (C=O) groups is 1. The first-order valence-electron chi connectivity index (χ1n) is 6.72. The maximum Gasteiger partial charge on any atom is 0.302 e. The van der Waals surface area contributed by atoms with Gasteiger partial charge in [0.1, 0.15) is 0 Å². The maximum atomic E-state index is 10.5. The van der Waals surface area contributed by atoms with Crippen LogP contribution < -0.4 is 0 Å². The average molecular weight is 238 g/mol. The molecule has 2 heteroatoms. The summed E-state index contributed by atoms with van der Waals surface area (Å²) in [5.41, 5.74) is 0. The van der Waals surface area contributed by atoms with E-state index in [1.807, 2.05) is 0 Å². The first kappa shape index (κ1) is 16.0. The lowest BCUT2D eigenvalue weighted by molar-refractivity contribution is -0.141. The van der Waals surface area contributed by atoms with Crippen molar-refractivity contribution in [3.63, 3.8) is 0 Å². The maximum absolute atomic E-state index is 10.5. The van der Waals surface area contributed by atoms with Gasteiger partial charge in [-0.3, -0.25) is 4.79 Å². The number of hydrogen-bond donors (Lipinski definition) is 0. The van der Waals surface area contributed by atoms with Gasteiger partial charge in [-0.25, -0.2) is 0 Å². The van der Waals surface area contributed by atoms with Crippen LogP contribution in [0.4, 0.5) is 0 Å². The summed E-state index contributed by atoms with van der Waals surface area (Å²) in [7, 11) is 0. The Hall–Kier alpha value is -1.05. The molecule has 0 bridgehead atoms. The van der Waals surface area contributed by atoms with Gasteiger partial charge < -0.3 is 4.74 Å². The first-order chi connectivity index (χ1) is 8.27. The van der Waals surface area contributed by atoms with Crippen molar-refractivity contribution in [2.24, 2.45) is 0 Å². The molecule has 0 N–H and O–H groups in total. The standard InChI is InChI=1S/C15H26O2/c1-3-4-5-6-7-8-9-10-11-12-13-14-17-15(2)16/h5-8H,3-4,9-14H2,1-2H3/b6-5?,8-7-. The largest absolute Gasteiger partial charge is 0.466 e. The third-order valence-corrected chi connectivity index (χ3v) is 2.41. The van der Waals surface area contributed by atoms with Crippen molar-refractivity contribution in [2.75, 3.05) is 6.61 Å². The molecule has 0 amide bonds. The smallest absolute Gasteiger partial charge is 0.302 e. The molecular formula is C15H26O2. The summed E-state index contributed by atoms with van der Waals surface area (Å²) < 4.78 is 4.86.